The van der Waals surface area contributed by atoms with Crippen LogP contribution in [0, 0.1) is 5.41 Å². The fraction of sp³-hybridized carbons (Fsp3) is 0.118. The second-order valence-corrected chi connectivity index (χ2v) is 6.53. The van der Waals surface area contributed by atoms with Crippen LogP contribution in [0.15, 0.2) is 47.6 Å². The zero-order valence-corrected chi connectivity index (χ0v) is 15.0. The van der Waals surface area contributed by atoms with Crippen molar-refractivity contribution in [3.05, 3.63) is 58.6 Å². The Balaban J connectivity index is 2.03. The number of imidazole rings is 1. The predicted molar refractivity (Wildman–Crippen MR) is 101 cm³/mol. The van der Waals surface area contributed by atoms with E-state index in [9.17, 15) is 4.79 Å². The summed E-state index contributed by atoms with van der Waals surface area (Å²) in [7, 11) is 0. The van der Waals surface area contributed by atoms with E-state index in [-0.39, 0.29) is 5.96 Å². The third-order valence-electron chi connectivity index (χ3n) is 3.69. The number of halogens is 1. The first-order valence-electron chi connectivity index (χ1n) is 7.42. The Morgan fingerprint density at radius 3 is 2.80 bits per heavy atom. The van der Waals surface area contributed by atoms with Crippen molar-refractivity contribution in [2.75, 3.05) is 6.26 Å². The van der Waals surface area contributed by atoms with Crippen molar-refractivity contribution in [2.24, 2.45) is 5.73 Å². The van der Waals surface area contributed by atoms with E-state index in [4.69, 9.17) is 22.7 Å². The summed E-state index contributed by atoms with van der Waals surface area (Å²) in [6, 6.07) is 12.9. The molecule has 0 unspecified atom stereocenters. The van der Waals surface area contributed by atoms with E-state index in [0.29, 0.717) is 22.6 Å². The molecule has 0 atom stereocenters. The van der Waals surface area contributed by atoms with Gasteiger partial charge in [-0.3, -0.25) is 15.5 Å². The maximum absolute atomic E-state index is 12.0. The number of rotatable bonds is 4. The lowest BCUT2D eigenvalue weighted by Gasteiger charge is -2.09. The zero-order valence-electron chi connectivity index (χ0n) is 13.4. The van der Waals surface area contributed by atoms with Crippen LogP contribution in [0.2, 0.25) is 5.02 Å². The van der Waals surface area contributed by atoms with E-state index in [1.165, 1.54) is 11.8 Å². The minimum absolute atomic E-state index is 0.390. The monoisotopic (exact) mass is 373 g/mol. The lowest BCUT2D eigenvalue weighted by molar-refractivity contribution is 0.0976. The second-order valence-electron chi connectivity index (χ2n) is 5.35. The van der Waals surface area contributed by atoms with E-state index in [0.717, 1.165) is 16.2 Å². The number of nitrogens with two attached hydrogens (primary N) is 1. The third-order valence-corrected chi connectivity index (χ3v) is 4.74. The number of hydrogen-bond acceptors (Lipinski definition) is 4. The van der Waals surface area contributed by atoms with Gasteiger partial charge in [-0.1, -0.05) is 41.6 Å². The second kappa shape index (κ2) is 7.16. The van der Waals surface area contributed by atoms with Crippen LogP contribution in [0.1, 0.15) is 15.9 Å². The van der Waals surface area contributed by atoms with Crippen molar-refractivity contribution in [1.29, 1.82) is 5.41 Å². The topological polar surface area (TPSA) is 96.8 Å². The number of aromatic nitrogens is 2. The number of nitrogens with zero attached hydrogens (tertiary/aromatic N) is 2. The molecule has 0 saturated carbocycles. The highest BCUT2D eigenvalue weighted by molar-refractivity contribution is 7.98. The Morgan fingerprint density at radius 1 is 1.36 bits per heavy atom. The molecule has 6 nitrogen and oxygen atoms in total. The molecule has 1 amide bonds. The van der Waals surface area contributed by atoms with Gasteiger partial charge >= 0.3 is 0 Å². The van der Waals surface area contributed by atoms with Crippen molar-refractivity contribution in [3.8, 4) is 0 Å². The Hall–Kier alpha value is -2.51. The molecule has 3 aromatic rings. The number of amides is 1. The van der Waals surface area contributed by atoms with Crippen LogP contribution in [0.3, 0.4) is 0 Å². The molecule has 25 heavy (non-hydrogen) atoms. The molecule has 1 heterocycles. The molecule has 0 aliphatic heterocycles. The predicted octanol–water partition coefficient (Wildman–Crippen LogP) is 3.08. The quantitative estimate of drug-likeness (QED) is 0.372. The molecule has 3 rings (SSSR count). The number of carbonyl (C=O) groups is 1. The average Bonchev–Trinajstić information content (AvgIpc) is 2.93. The van der Waals surface area contributed by atoms with E-state index in [1.807, 2.05) is 36.6 Å². The third kappa shape index (κ3) is 3.62. The van der Waals surface area contributed by atoms with Gasteiger partial charge in [0.1, 0.15) is 0 Å². The number of fused-ring (bicyclic) bond motifs is 1. The fourth-order valence-corrected chi connectivity index (χ4v) is 3.32. The van der Waals surface area contributed by atoms with Gasteiger partial charge in [0, 0.05) is 10.6 Å². The van der Waals surface area contributed by atoms with Crippen LogP contribution in [0.4, 0.5) is 0 Å². The normalized spacial score (nSPS) is 10.8. The molecule has 0 spiro atoms. The summed E-state index contributed by atoms with van der Waals surface area (Å²) in [5.74, 6) is -0.820. The Morgan fingerprint density at radius 2 is 2.12 bits per heavy atom. The molecule has 0 saturated heterocycles. The summed E-state index contributed by atoms with van der Waals surface area (Å²) in [4.78, 5) is 16.6. The number of benzene rings is 2. The van der Waals surface area contributed by atoms with E-state index in [2.05, 4.69) is 14.9 Å². The molecule has 0 fully saturated rings. The Kier molecular flexibility index (Phi) is 4.96. The number of thioether (sulfide) groups is 1. The average molecular weight is 374 g/mol. The van der Waals surface area contributed by atoms with Gasteiger partial charge in [-0.05, 0) is 36.1 Å². The van der Waals surface area contributed by atoms with E-state index >= 15 is 0 Å². The minimum atomic E-state index is -0.430. The largest absolute Gasteiger partial charge is 0.370 e. The summed E-state index contributed by atoms with van der Waals surface area (Å²) in [6.45, 7) is 0.589. The molecule has 128 valence electrons. The highest BCUT2D eigenvalue weighted by Gasteiger charge is 2.14. The van der Waals surface area contributed by atoms with Crippen LogP contribution in [-0.4, -0.2) is 27.7 Å². The van der Waals surface area contributed by atoms with E-state index < -0.39 is 5.91 Å². The number of hydrogen-bond donors (Lipinski definition) is 3. The van der Waals surface area contributed by atoms with Crippen molar-refractivity contribution in [2.45, 2.75) is 11.7 Å². The first-order valence-corrected chi connectivity index (χ1v) is 9.03. The van der Waals surface area contributed by atoms with Crippen molar-refractivity contribution in [1.82, 2.24) is 14.9 Å². The maximum Gasteiger partial charge on any atom is 0.258 e. The summed E-state index contributed by atoms with van der Waals surface area (Å²) >= 11 is 7.80. The lowest BCUT2D eigenvalue weighted by atomic mass is 10.2. The fourth-order valence-electron chi connectivity index (χ4n) is 2.55. The number of carbonyl (C=O) groups excluding carboxylic acids is 1. The van der Waals surface area contributed by atoms with Crippen molar-refractivity contribution < 1.29 is 4.79 Å². The molecular formula is C17H16ClN5OS. The van der Waals surface area contributed by atoms with Gasteiger partial charge in [-0.15, -0.1) is 0 Å². The van der Waals surface area contributed by atoms with Crippen LogP contribution < -0.4 is 11.1 Å². The van der Waals surface area contributed by atoms with Gasteiger partial charge in [0.2, 0.25) is 0 Å². The van der Waals surface area contributed by atoms with Crippen LogP contribution >= 0.6 is 23.4 Å². The van der Waals surface area contributed by atoms with Gasteiger partial charge in [0.05, 0.1) is 17.6 Å². The summed E-state index contributed by atoms with van der Waals surface area (Å²) in [5.41, 5.74) is 8.21. The van der Waals surface area contributed by atoms with Gasteiger partial charge in [0.25, 0.3) is 5.91 Å². The van der Waals surface area contributed by atoms with Crippen molar-refractivity contribution in [3.63, 3.8) is 0 Å². The molecule has 1 aromatic heterocycles. The SMILES string of the molecule is CSc1nc2cc(C(=O)NC(=N)N)ccc2n1Cc1ccccc1Cl. The van der Waals surface area contributed by atoms with Gasteiger partial charge < -0.3 is 10.3 Å². The Bertz CT molecular complexity index is 969. The number of guanidine groups is 1. The highest BCUT2D eigenvalue weighted by Crippen LogP contribution is 2.26. The minimum Gasteiger partial charge on any atom is -0.370 e. The first kappa shape index (κ1) is 17.3. The highest BCUT2D eigenvalue weighted by atomic mass is 35.5. The van der Waals surface area contributed by atoms with Gasteiger partial charge in [0.15, 0.2) is 11.1 Å². The molecule has 0 radical (unpaired) electrons. The maximum atomic E-state index is 12.0. The van der Waals surface area contributed by atoms with Crippen LogP contribution in [-0.2, 0) is 6.54 Å². The molecule has 2 aromatic carbocycles. The zero-order chi connectivity index (χ0) is 18.0. The molecule has 0 aliphatic rings. The smallest absolute Gasteiger partial charge is 0.258 e. The molecule has 4 N–H and O–H groups in total. The van der Waals surface area contributed by atoms with Crippen LogP contribution in [0.25, 0.3) is 11.0 Å². The van der Waals surface area contributed by atoms with Crippen molar-refractivity contribution >= 4 is 46.3 Å². The molecule has 0 bridgehead atoms. The molecular weight excluding hydrogens is 358 g/mol. The molecule has 0 aliphatic carbocycles. The summed E-state index contributed by atoms with van der Waals surface area (Å²) in [6.07, 6.45) is 1.95. The first-order chi connectivity index (χ1) is 12.0. The summed E-state index contributed by atoms with van der Waals surface area (Å²) in [5, 5.41) is 11.0. The lowest BCUT2D eigenvalue weighted by Crippen LogP contribution is -2.35. The van der Waals surface area contributed by atoms with E-state index in [1.54, 1.807) is 12.1 Å². The number of nitrogens with one attached hydrogen (secondary N) is 2. The standard InChI is InChI=1S/C17H16ClN5OS/c1-25-17-21-13-8-10(15(24)22-16(19)20)6-7-14(13)23(17)9-11-4-2-3-5-12(11)18/h2-8H,9H2,1H3,(H4,19,20,22,24). The van der Waals surface area contributed by atoms with Gasteiger partial charge in [-0.25, -0.2) is 4.98 Å². The summed E-state index contributed by atoms with van der Waals surface area (Å²) < 4.78 is 2.06. The molecule has 8 heteroatoms. The Labute approximate surface area is 153 Å². The van der Waals surface area contributed by atoms with Crippen LogP contribution in [0.5, 0.6) is 0 Å². The van der Waals surface area contributed by atoms with Gasteiger partial charge in [-0.2, -0.15) is 0 Å².